The highest BCUT2D eigenvalue weighted by Crippen LogP contribution is 2.44. The van der Waals surface area contributed by atoms with Crippen LogP contribution in [0.2, 0.25) is 0 Å². The van der Waals surface area contributed by atoms with Gasteiger partial charge >= 0.3 is 0 Å². The molecule has 1 aliphatic carbocycles. The number of nitrogens with one attached hydrogen (secondary N) is 1. The Morgan fingerprint density at radius 1 is 1.40 bits per heavy atom. The monoisotopic (exact) mass is 204 g/mol. The van der Waals surface area contributed by atoms with Crippen molar-refractivity contribution < 1.29 is 5.11 Å². The van der Waals surface area contributed by atoms with Gasteiger partial charge in [0.2, 0.25) is 0 Å². The van der Waals surface area contributed by atoms with Gasteiger partial charge in [0.05, 0.1) is 6.10 Å². The molecule has 80 valence electrons. The van der Waals surface area contributed by atoms with Gasteiger partial charge in [-0.25, -0.2) is 0 Å². The lowest BCUT2D eigenvalue weighted by atomic mass is 9.90. The molecule has 0 radical (unpaired) electrons. The summed E-state index contributed by atoms with van der Waals surface area (Å²) >= 11 is 0. The second-order valence-electron chi connectivity index (χ2n) is 4.72. The topological polar surface area (TPSA) is 45.1 Å². The Morgan fingerprint density at radius 2 is 2.33 bits per heavy atom. The van der Waals surface area contributed by atoms with Crippen LogP contribution in [-0.4, -0.2) is 22.7 Å². The van der Waals surface area contributed by atoms with Crippen LogP contribution in [-0.2, 0) is 0 Å². The maximum Gasteiger partial charge on any atom is 0.0547 e. The molecule has 0 spiro atoms. The number of pyridine rings is 1. The summed E-state index contributed by atoms with van der Waals surface area (Å²) in [6.07, 6.45) is 5.57. The minimum absolute atomic E-state index is 0.0822. The van der Waals surface area contributed by atoms with Crippen molar-refractivity contribution in [2.24, 2.45) is 11.8 Å². The summed E-state index contributed by atoms with van der Waals surface area (Å²) in [5.74, 6) is 1.26. The molecule has 1 aromatic rings. The van der Waals surface area contributed by atoms with E-state index < -0.39 is 0 Å². The molecule has 4 atom stereocenters. The number of hydrogen-bond acceptors (Lipinski definition) is 3. The van der Waals surface area contributed by atoms with Crippen LogP contribution >= 0.6 is 0 Å². The van der Waals surface area contributed by atoms with E-state index in [4.69, 9.17) is 0 Å². The van der Waals surface area contributed by atoms with E-state index in [2.05, 4.69) is 16.4 Å². The summed E-state index contributed by atoms with van der Waals surface area (Å²) in [7, 11) is 0. The minimum Gasteiger partial charge on any atom is -0.393 e. The highest BCUT2D eigenvalue weighted by Gasteiger charge is 2.43. The molecule has 1 aromatic heterocycles. The van der Waals surface area contributed by atoms with Crippen LogP contribution < -0.4 is 5.32 Å². The smallest absolute Gasteiger partial charge is 0.0547 e. The molecule has 4 unspecified atom stereocenters. The van der Waals surface area contributed by atoms with Gasteiger partial charge in [0.25, 0.3) is 0 Å². The second kappa shape index (κ2) is 3.58. The lowest BCUT2D eigenvalue weighted by Crippen LogP contribution is -2.19. The number of aliphatic hydroxyl groups excluding tert-OH is 1. The predicted molar refractivity (Wildman–Crippen MR) is 57.2 cm³/mol. The van der Waals surface area contributed by atoms with E-state index in [9.17, 15) is 5.11 Å². The molecule has 0 aromatic carbocycles. The zero-order chi connectivity index (χ0) is 10.3. The first-order chi connectivity index (χ1) is 7.34. The molecule has 1 aliphatic heterocycles. The Labute approximate surface area is 89.5 Å². The number of nitrogens with zero attached hydrogens (tertiary/aromatic N) is 1. The van der Waals surface area contributed by atoms with E-state index in [0.29, 0.717) is 17.9 Å². The zero-order valence-corrected chi connectivity index (χ0v) is 8.63. The third-order valence-electron chi connectivity index (χ3n) is 3.80. The number of hydrogen-bond donors (Lipinski definition) is 2. The van der Waals surface area contributed by atoms with Crippen molar-refractivity contribution in [3.8, 4) is 0 Å². The van der Waals surface area contributed by atoms with E-state index in [1.807, 2.05) is 12.3 Å². The van der Waals surface area contributed by atoms with Crippen molar-refractivity contribution in [1.82, 2.24) is 10.3 Å². The Balaban J connectivity index is 1.84. The molecule has 3 nitrogen and oxygen atoms in total. The highest BCUT2D eigenvalue weighted by atomic mass is 16.3. The lowest BCUT2D eigenvalue weighted by Gasteiger charge is -2.18. The summed E-state index contributed by atoms with van der Waals surface area (Å²) in [6, 6.07) is 4.51. The fourth-order valence-corrected chi connectivity index (χ4v) is 3.12. The van der Waals surface area contributed by atoms with E-state index >= 15 is 0 Å². The second-order valence-corrected chi connectivity index (χ2v) is 4.72. The number of aromatic nitrogens is 1. The average molecular weight is 204 g/mol. The van der Waals surface area contributed by atoms with Crippen molar-refractivity contribution in [2.45, 2.75) is 25.0 Å². The van der Waals surface area contributed by atoms with Crippen LogP contribution in [0.25, 0.3) is 0 Å². The van der Waals surface area contributed by atoms with Crippen LogP contribution in [0, 0.1) is 11.8 Å². The molecule has 0 amide bonds. The zero-order valence-electron chi connectivity index (χ0n) is 8.63. The maximum absolute atomic E-state index is 9.66. The van der Waals surface area contributed by atoms with Gasteiger partial charge in [-0.05, 0) is 42.9 Å². The van der Waals surface area contributed by atoms with Crippen LogP contribution in [0.5, 0.6) is 0 Å². The van der Waals surface area contributed by atoms with E-state index in [1.54, 1.807) is 6.20 Å². The van der Waals surface area contributed by atoms with Gasteiger partial charge in [-0.1, -0.05) is 6.07 Å². The molecule has 2 fully saturated rings. The lowest BCUT2D eigenvalue weighted by molar-refractivity contribution is 0.169. The van der Waals surface area contributed by atoms with Crippen LogP contribution in [0.15, 0.2) is 24.5 Å². The van der Waals surface area contributed by atoms with Gasteiger partial charge in [-0.2, -0.15) is 0 Å². The summed E-state index contributed by atoms with van der Waals surface area (Å²) in [6.45, 7) is 1.04. The van der Waals surface area contributed by atoms with Crippen LogP contribution in [0.3, 0.4) is 0 Å². The molecule has 2 N–H and O–H groups in total. The summed E-state index contributed by atoms with van der Waals surface area (Å²) < 4.78 is 0. The average Bonchev–Trinajstić information content (AvgIpc) is 2.77. The van der Waals surface area contributed by atoms with Crippen molar-refractivity contribution in [1.29, 1.82) is 0 Å². The summed E-state index contributed by atoms with van der Waals surface area (Å²) in [5.41, 5.74) is 1.26. The Bertz CT molecular complexity index is 341. The first-order valence-corrected chi connectivity index (χ1v) is 5.66. The highest BCUT2D eigenvalue weighted by molar-refractivity contribution is 5.18. The van der Waals surface area contributed by atoms with Crippen molar-refractivity contribution in [3.05, 3.63) is 30.1 Å². The number of aliphatic hydroxyl groups is 1. The van der Waals surface area contributed by atoms with E-state index in [0.717, 1.165) is 19.4 Å². The molecule has 1 saturated heterocycles. The fraction of sp³-hybridized carbons (Fsp3) is 0.583. The third-order valence-corrected chi connectivity index (χ3v) is 3.80. The first-order valence-electron chi connectivity index (χ1n) is 5.66. The molecule has 3 heteroatoms. The Morgan fingerprint density at radius 3 is 3.13 bits per heavy atom. The maximum atomic E-state index is 9.66. The summed E-state index contributed by atoms with van der Waals surface area (Å²) in [5, 5.41) is 13.2. The van der Waals surface area contributed by atoms with Crippen molar-refractivity contribution in [3.63, 3.8) is 0 Å². The third kappa shape index (κ3) is 1.56. The molecule has 15 heavy (non-hydrogen) atoms. The van der Waals surface area contributed by atoms with Crippen molar-refractivity contribution in [2.75, 3.05) is 6.54 Å². The molecule has 1 saturated carbocycles. The van der Waals surface area contributed by atoms with Gasteiger partial charge in [0.1, 0.15) is 0 Å². The molecular weight excluding hydrogens is 188 g/mol. The SMILES string of the molecule is OC1CC2CNC(c3cccnc3)C2C1. The van der Waals surface area contributed by atoms with Gasteiger partial charge in [-0.3, -0.25) is 4.98 Å². The quantitative estimate of drug-likeness (QED) is 0.720. The fourth-order valence-electron chi connectivity index (χ4n) is 3.12. The number of fused-ring (bicyclic) bond motifs is 1. The van der Waals surface area contributed by atoms with Gasteiger partial charge in [0, 0.05) is 18.4 Å². The van der Waals surface area contributed by atoms with Crippen LogP contribution in [0.1, 0.15) is 24.4 Å². The molecular formula is C12H16N2O. The molecule has 2 heterocycles. The minimum atomic E-state index is -0.0822. The standard InChI is InChI=1S/C12H16N2O/c15-10-4-9-7-14-12(11(9)5-10)8-2-1-3-13-6-8/h1-3,6,9-12,14-15H,4-5,7H2. The molecule has 0 bridgehead atoms. The Hall–Kier alpha value is -0.930. The first kappa shape index (κ1) is 9.31. The van der Waals surface area contributed by atoms with Gasteiger partial charge in [-0.15, -0.1) is 0 Å². The van der Waals surface area contributed by atoms with Gasteiger partial charge in [0.15, 0.2) is 0 Å². The Kier molecular flexibility index (Phi) is 2.22. The summed E-state index contributed by atoms with van der Waals surface area (Å²) in [4.78, 5) is 4.16. The number of rotatable bonds is 1. The normalized spacial score (nSPS) is 39.3. The predicted octanol–water partition coefficient (Wildman–Crippen LogP) is 1.11. The van der Waals surface area contributed by atoms with Crippen LogP contribution in [0.4, 0.5) is 0 Å². The van der Waals surface area contributed by atoms with Gasteiger partial charge < -0.3 is 10.4 Å². The molecule has 2 aliphatic rings. The van der Waals surface area contributed by atoms with E-state index in [-0.39, 0.29) is 6.10 Å². The van der Waals surface area contributed by atoms with E-state index in [1.165, 1.54) is 5.56 Å². The largest absolute Gasteiger partial charge is 0.393 e. The van der Waals surface area contributed by atoms with Crippen molar-refractivity contribution >= 4 is 0 Å². The molecule has 3 rings (SSSR count).